The van der Waals surface area contributed by atoms with E-state index in [1.54, 1.807) is 6.92 Å². The van der Waals surface area contributed by atoms with Crippen LogP contribution in [-0.2, 0) is 22.6 Å². The first-order valence-corrected chi connectivity index (χ1v) is 9.35. The minimum absolute atomic E-state index is 0.321. The number of fused-ring (bicyclic) bond motifs is 1. The number of primary amides is 1. The van der Waals surface area contributed by atoms with E-state index in [-0.39, 0.29) is 5.82 Å². The zero-order valence-electron chi connectivity index (χ0n) is 16.1. The van der Waals surface area contributed by atoms with Crippen LogP contribution in [0.2, 0.25) is 0 Å². The van der Waals surface area contributed by atoms with Crippen molar-refractivity contribution < 1.29 is 13.9 Å². The number of rotatable bonds is 9. The topological polar surface area (TPSA) is 82.2 Å². The van der Waals surface area contributed by atoms with E-state index in [4.69, 9.17) is 10.5 Å². The van der Waals surface area contributed by atoms with Gasteiger partial charge in [0, 0.05) is 24.8 Å². The fourth-order valence-electron chi connectivity index (χ4n) is 3.06. The van der Waals surface area contributed by atoms with Gasteiger partial charge in [-0.25, -0.2) is 9.37 Å². The number of halogens is 1. The fraction of sp³-hybridized carbons (Fsp3) is 0.333. The van der Waals surface area contributed by atoms with Gasteiger partial charge in [0.2, 0.25) is 5.91 Å². The van der Waals surface area contributed by atoms with E-state index in [0.717, 1.165) is 11.1 Å². The Kier molecular flexibility index (Phi) is 6.38. The quantitative estimate of drug-likeness (QED) is 0.556. The number of carbonyl (C=O) groups is 1. The molecule has 3 aromatic rings. The minimum atomic E-state index is -0.489. The number of benzene rings is 2. The number of nitrogens with two attached hydrogens (primary N) is 1. The lowest BCUT2D eigenvalue weighted by Gasteiger charge is -2.13. The first kappa shape index (κ1) is 20.0. The van der Waals surface area contributed by atoms with Gasteiger partial charge in [0.05, 0.1) is 30.2 Å². The second kappa shape index (κ2) is 8.95. The van der Waals surface area contributed by atoms with Crippen LogP contribution in [0.4, 0.5) is 4.39 Å². The number of hydrogen-bond donors (Lipinski definition) is 2. The van der Waals surface area contributed by atoms with E-state index in [0.29, 0.717) is 43.2 Å². The lowest BCUT2D eigenvalue weighted by molar-refractivity contribution is -0.119. The number of carbonyl (C=O) groups excluding carboxylic acids is 1. The maximum absolute atomic E-state index is 14.7. The number of imidazole rings is 1. The zero-order chi connectivity index (χ0) is 20.1. The molecule has 2 aromatic carbocycles. The van der Waals surface area contributed by atoms with Gasteiger partial charge < -0.3 is 15.0 Å². The summed E-state index contributed by atoms with van der Waals surface area (Å²) in [5, 5.41) is 3.06. The van der Waals surface area contributed by atoms with Gasteiger partial charge in [0.1, 0.15) is 11.6 Å². The Hall–Kier alpha value is -2.77. The largest absolute Gasteiger partial charge is 0.380 e. The van der Waals surface area contributed by atoms with Gasteiger partial charge in [-0.05, 0) is 25.5 Å². The molecule has 0 aliphatic carbocycles. The summed E-state index contributed by atoms with van der Waals surface area (Å²) < 4.78 is 22.2. The SMILES string of the molecule is CCOCCn1c(CN[C@@H](C)C(N)=O)nc2cc(F)c(-c3ccccc3)cc21. The van der Waals surface area contributed by atoms with Crippen LogP contribution in [0.15, 0.2) is 42.5 Å². The van der Waals surface area contributed by atoms with E-state index in [1.807, 2.05) is 47.9 Å². The first-order chi connectivity index (χ1) is 13.5. The Labute approximate surface area is 163 Å². The lowest BCUT2D eigenvalue weighted by Crippen LogP contribution is -2.38. The van der Waals surface area contributed by atoms with Crippen molar-refractivity contribution in [3.63, 3.8) is 0 Å². The zero-order valence-corrected chi connectivity index (χ0v) is 16.1. The Bertz CT molecular complexity index is 956. The van der Waals surface area contributed by atoms with E-state index in [2.05, 4.69) is 10.3 Å². The number of aromatic nitrogens is 2. The summed E-state index contributed by atoms with van der Waals surface area (Å²) in [6.07, 6.45) is 0. The molecule has 0 fully saturated rings. The van der Waals surface area contributed by atoms with E-state index in [1.165, 1.54) is 6.07 Å². The molecule has 0 spiro atoms. The van der Waals surface area contributed by atoms with Gasteiger partial charge in [0.15, 0.2) is 0 Å². The van der Waals surface area contributed by atoms with Gasteiger partial charge in [-0.1, -0.05) is 30.3 Å². The van der Waals surface area contributed by atoms with Gasteiger partial charge in [0.25, 0.3) is 0 Å². The van der Waals surface area contributed by atoms with Crippen LogP contribution in [0.5, 0.6) is 0 Å². The molecule has 6 nitrogen and oxygen atoms in total. The van der Waals surface area contributed by atoms with Crippen LogP contribution in [0, 0.1) is 5.82 Å². The molecule has 0 saturated heterocycles. The fourth-order valence-corrected chi connectivity index (χ4v) is 3.06. The molecule has 1 atom stereocenters. The minimum Gasteiger partial charge on any atom is -0.380 e. The van der Waals surface area contributed by atoms with Gasteiger partial charge >= 0.3 is 0 Å². The molecule has 0 aliphatic heterocycles. The summed E-state index contributed by atoms with van der Waals surface area (Å²) in [4.78, 5) is 15.9. The van der Waals surface area contributed by atoms with Crippen molar-refractivity contribution in [1.29, 1.82) is 0 Å². The molecule has 3 rings (SSSR count). The van der Waals surface area contributed by atoms with E-state index >= 15 is 0 Å². The predicted octanol–water partition coefficient (Wildman–Crippen LogP) is 2.84. The predicted molar refractivity (Wildman–Crippen MR) is 107 cm³/mol. The van der Waals surface area contributed by atoms with E-state index < -0.39 is 11.9 Å². The number of nitrogens with zero attached hydrogens (tertiary/aromatic N) is 2. The third-order valence-corrected chi connectivity index (χ3v) is 4.66. The highest BCUT2D eigenvalue weighted by molar-refractivity contribution is 5.83. The molecule has 1 amide bonds. The summed E-state index contributed by atoms with van der Waals surface area (Å²) in [5.74, 6) is -0.0556. The maximum atomic E-state index is 14.7. The Morgan fingerprint density at radius 3 is 2.75 bits per heavy atom. The Balaban J connectivity index is 2.02. The summed E-state index contributed by atoms with van der Waals surface area (Å²) in [7, 11) is 0. The van der Waals surface area contributed by atoms with Crippen LogP contribution in [0.25, 0.3) is 22.2 Å². The maximum Gasteiger partial charge on any atom is 0.234 e. The van der Waals surface area contributed by atoms with Crippen LogP contribution in [0.1, 0.15) is 19.7 Å². The van der Waals surface area contributed by atoms with Crippen LogP contribution in [0.3, 0.4) is 0 Å². The molecule has 3 N–H and O–H groups in total. The van der Waals surface area contributed by atoms with Gasteiger partial charge in [-0.2, -0.15) is 0 Å². The molecule has 28 heavy (non-hydrogen) atoms. The van der Waals surface area contributed by atoms with Crippen molar-refractivity contribution in [3.05, 3.63) is 54.1 Å². The third kappa shape index (κ3) is 4.37. The second-order valence-corrected chi connectivity index (χ2v) is 6.57. The normalized spacial score (nSPS) is 12.4. The average Bonchev–Trinajstić information content (AvgIpc) is 3.02. The summed E-state index contributed by atoms with van der Waals surface area (Å²) in [6.45, 7) is 5.68. The highest BCUT2D eigenvalue weighted by atomic mass is 19.1. The molecule has 0 bridgehead atoms. The van der Waals surface area contributed by atoms with Crippen molar-refractivity contribution in [3.8, 4) is 11.1 Å². The Morgan fingerprint density at radius 1 is 1.32 bits per heavy atom. The molecule has 7 heteroatoms. The molecule has 148 valence electrons. The van der Waals surface area contributed by atoms with Crippen molar-refractivity contribution in [2.24, 2.45) is 5.73 Å². The molecular weight excluding hydrogens is 359 g/mol. The van der Waals surface area contributed by atoms with Gasteiger partial charge in [-0.3, -0.25) is 10.1 Å². The number of hydrogen-bond acceptors (Lipinski definition) is 4. The third-order valence-electron chi connectivity index (χ3n) is 4.66. The van der Waals surface area contributed by atoms with Crippen molar-refractivity contribution in [2.45, 2.75) is 33.0 Å². The van der Waals surface area contributed by atoms with Crippen molar-refractivity contribution in [2.75, 3.05) is 13.2 Å². The Morgan fingerprint density at radius 2 is 2.07 bits per heavy atom. The number of ether oxygens (including phenoxy) is 1. The second-order valence-electron chi connectivity index (χ2n) is 6.57. The molecule has 0 unspecified atom stereocenters. The smallest absolute Gasteiger partial charge is 0.234 e. The number of amides is 1. The van der Waals surface area contributed by atoms with Crippen LogP contribution in [-0.4, -0.2) is 34.7 Å². The standard InChI is InChI=1S/C21H25FN4O2/c1-3-28-10-9-26-19-11-16(15-7-5-4-6-8-15)17(22)12-18(19)25-20(26)13-24-14(2)21(23)27/h4-8,11-12,14,24H,3,9-10,13H2,1-2H3,(H2,23,27)/t14-/m0/s1. The van der Waals surface area contributed by atoms with Crippen molar-refractivity contribution >= 4 is 16.9 Å². The number of nitrogens with one attached hydrogen (secondary N) is 1. The molecule has 0 aliphatic rings. The monoisotopic (exact) mass is 384 g/mol. The molecule has 1 heterocycles. The van der Waals surface area contributed by atoms with Crippen molar-refractivity contribution in [1.82, 2.24) is 14.9 Å². The first-order valence-electron chi connectivity index (χ1n) is 9.35. The lowest BCUT2D eigenvalue weighted by atomic mass is 10.0. The summed E-state index contributed by atoms with van der Waals surface area (Å²) in [6, 6.07) is 12.2. The molecular formula is C21H25FN4O2. The molecule has 0 saturated carbocycles. The average molecular weight is 384 g/mol. The van der Waals surface area contributed by atoms with Crippen LogP contribution >= 0.6 is 0 Å². The molecule has 0 radical (unpaired) electrons. The highest BCUT2D eigenvalue weighted by Crippen LogP contribution is 2.28. The van der Waals surface area contributed by atoms with Crippen LogP contribution < -0.4 is 11.1 Å². The summed E-state index contributed by atoms with van der Waals surface area (Å²) in [5.41, 5.74) is 8.04. The molecule has 1 aromatic heterocycles. The van der Waals surface area contributed by atoms with E-state index in [9.17, 15) is 9.18 Å². The van der Waals surface area contributed by atoms with Gasteiger partial charge in [-0.15, -0.1) is 0 Å². The highest BCUT2D eigenvalue weighted by Gasteiger charge is 2.16. The summed E-state index contributed by atoms with van der Waals surface area (Å²) >= 11 is 0.